The van der Waals surface area contributed by atoms with E-state index in [-0.39, 0.29) is 18.9 Å². The number of hydrogen-bond acceptors (Lipinski definition) is 3. The van der Waals surface area contributed by atoms with Crippen LogP contribution in [0.4, 0.5) is 8.78 Å². The number of aliphatic hydroxyl groups excluding tert-OH is 1. The van der Waals surface area contributed by atoms with Gasteiger partial charge in [0.2, 0.25) is 5.91 Å². The highest BCUT2D eigenvalue weighted by atomic mass is 19.3. The maximum atomic E-state index is 12.8. The molecular weight excluding hydrogens is 378 g/mol. The van der Waals surface area contributed by atoms with Gasteiger partial charge in [-0.3, -0.25) is 4.79 Å². The van der Waals surface area contributed by atoms with E-state index in [1.807, 2.05) is 22.8 Å². The summed E-state index contributed by atoms with van der Waals surface area (Å²) in [6.45, 7) is -2.85. The third kappa shape index (κ3) is 3.40. The van der Waals surface area contributed by atoms with Gasteiger partial charge in [0.25, 0.3) is 0 Å². The average Bonchev–Trinajstić information content (AvgIpc) is 3.02. The number of halogens is 2. The van der Waals surface area contributed by atoms with Gasteiger partial charge in [0, 0.05) is 27.4 Å². The van der Waals surface area contributed by atoms with Gasteiger partial charge < -0.3 is 20.1 Å². The van der Waals surface area contributed by atoms with Crippen molar-refractivity contribution in [2.24, 2.45) is 5.73 Å². The maximum Gasteiger partial charge on any atom is 0.387 e. The molecule has 3 N–H and O–H groups in total. The predicted molar refractivity (Wildman–Crippen MR) is 106 cm³/mol. The Balaban J connectivity index is 1.98. The summed E-state index contributed by atoms with van der Waals surface area (Å²) < 4.78 is 32.2. The van der Waals surface area contributed by atoms with Crippen LogP contribution in [0, 0.1) is 0 Å². The number of aliphatic hydroxyl groups is 1. The zero-order valence-corrected chi connectivity index (χ0v) is 15.3. The van der Waals surface area contributed by atoms with Crippen molar-refractivity contribution >= 4 is 27.7 Å². The molecule has 1 amide bonds. The summed E-state index contributed by atoms with van der Waals surface area (Å²) in [5, 5.41) is 11.0. The Kier molecular flexibility index (Phi) is 4.90. The zero-order chi connectivity index (χ0) is 20.5. The normalized spacial score (nSPS) is 11.4. The third-order valence-corrected chi connectivity index (χ3v) is 4.92. The van der Waals surface area contributed by atoms with Crippen LogP contribution in [0.2, 0.25) is 0 Å². The van der Waals surface area contributed by atoms with E-state index in [1.165, 1.54) is 6.07 Å². The number of para-hydroxylation sites is 1. The number of benzene rings is 3. The molecule has 0 fully saturated rings. The molecule has 4 rings (SSSR count). The predicted octanol–water partition coefficient (Wildman–Crippen LogP) is 4.04. The van der Waals surface area contributed by atoms with E-state index < -0.39 is 12.5 Å². The van der Waals surface area contributed by atoms with Crippen molar-refractivity contribution in [2.45, 2.75) is 19.8 Å². The molecule has 0 spiro atoms. The summed E-state index contributed by atoms with van der Waals surface area (Å²) in [7, 11) is 0. The van der Waals surface area contributed by atoms with E-state index in [0.29, 0.717) is 22.1 Å². The maximum absolute atomic E-state index is 12.8. The first-order valence-corrected chi connectivity index (χ1v) is 8.97. The molecule has 0 saturated carbocycles. The van der Waals surface area contributed by atoms with Crippen LogP contribution in [0.3, 0.4) is 0 Å². The van der Waals surface area contributed by atoms with E-state index in [9.17, 15) is 18.7 Å². The van der Waals surface area contributed by atoms with Gasteiger partial charge in [-0.1, -0.05) is 36.4 Å². The molecule has 0 atom stereocenters. The number of aromatic nitrogens is 1. The average molecular weight is 396 g/mol. The van der Waals surface area contributed by atoms with E-state index in [4.69, 9.17) is 5.73 Å². The number of alkyl halides is 2. The van der Waals surface area contributed by atoms with Gasteiger partial charge in [0.05, 0.1) is 18.7 Å². The topological polar surface area (TPSA) is 77.5 Å². The Morgan fingerprint density at radius 2 is 1.86 bits per heavy atom. The molecule has 5 nitrogen and oxygen atoms in total. The zero-order valence-electron chi connectivity index (χ0n) is 15.3. The molecule has 0 aliphatic rings. The largest absolute Gasteiger partial charge is 0.434 e. The van der Waals surface area contributed by atoms with E-state index in [0.717, 1.165) is 16.4 Å². The second-order valence-corrected chi connectivity index (χ2v) is 6.65. The van der Waals surface area contributed by atoms with Crippen molar-refractivity contribution in [1.29, 1.82) is 0 Å². The van der Waals surface area contributed by atoms with E-state index in [1.54, 1.807) is 36.4 Å². The van der Waals surface area contributed by atoms with Crippen LogP contribution in [0.15, 0.2) is 60.7 Å². The van der Waals surface area contributed by atoms with Crippen molar-refractivity contribution < 1.29 is 23.4 Å². The Bertz CT molecular complexity index is 1220. The SMILES string of the molecule is NC(=O)c1cccc2c1c1ccc(CO)cc1n2Cc1ccccc1OC(F)F. The molecule has 29 heavy (non-hydrogen) atoms. The summed E-state index contributed by atoms with van der Waals surface area (Å²) in [6.07, 6.45) is 0. The first kappa shape index (κ1) is 18.9. The van der Waals surface area contributed by atoms with Gasteiger partial charge in [0.1, 0.15) is 5.75 Å². The summed E-state index contributed by atoms with van der Waals surface area (Å²) in [4.78, 5) is 12.0. The number of amides is 1. The van der Waals surface area contributed by atoms with E-state index in [2.05, 4.69) is 4.74 Å². The summed E-state index contributed by atoms with van der Waals surface area (Å²) in [6, 6.07) is 17.2. The highest BCUT2D eigenvalue weighted by Gasteiger charge is 2.18. The van der Waals surface area contributed by atoms with Crippen molar-refractivity contribution in [3.63, 3.8) is 0 Å². The van der Waals surface area contributed by atoms with Gasteiger partial charge in [-0.25, -0.2) is 0 Å². The first-order chi connectivity index (χ1) is 14.0. The standard InChI is InChI=1S/C22H18F2N2O3/c23-22(24)29-19-7-2-1-4-14(19)11-26-17-6-3-5-16(21(25)28)20(17)15-9-8-13(12-27)10-18(15)26/h1-10,22,27H,11-12H2,(H2,25,28). The third-order valence-electron chi connectivity index (χ3n) is 4.92. The van der Waals surface area contributed by atoms with E-state index >= 15 is 0 Å². The van der Waals surface area contributed by atoms with Crippen LogP contribution in [-0.2, 0) is 13.2 Å². The number of nitrogens with two attached hydrogens (primary N) is 1. The van der Waals surface area contributed by atoms with Crippen molar-refractivity contribution in [3.8, 4) is 5.75 Å². The Morgan fingerprint density at radius 3 is 2.59 bits per heavy atom. The lowest BCUT2D eigenvalue weighted by atomic mass is 10.0. The van der Waals surface area contributed by atoms with Crippen LogP contribution in [-0.4, -0.2) is 22.2 Å². The fourth-order valence-corrected chi connectivity index (χ4v) is 3.68. The van der Waals surface area contributed by atoms with Crippen LogP contribution in [0.25, 0.3) is 21.8 Å². The Labute approximate surface area is 164 Å². The molecule has 1 heterocycles. The number of carbonyl (C=O) groups excluding carboxylic acids is 1. The van der Waals surface area contributed by atoms with Crippen LogP contribution >= 0.6 is 0 Å². The Hall–Kier alpha value is -3.45. The minimum absolute atomic E-state index is 0.0851. The van der Waals surface area contributed by atoms with Gasteiger partial charge in [0.15, 0.2) is 0 Å². The lowest BCUT2D eigenvalue weighted by Crippen LogP contribution is -2.11. The fraction of sp³-hybridized carbons (Fsp3) is 0.136. The van der Waals surface area contributed by atoms with Gasteiger partial charge >= 0.3 is 6.61 Å². The first-order valence-electron chi connectivity index (χ1n) is 8.97. The number of ether oxygens (including phenoxy) is 1. The molecular formula is C22H18F2N2O3. The highest BCUT2D eigenvalue weighted by Crippen LogP contribution is 2.34. The molecule has 4 aromatic rings. The second kappa shape index (κ2) is 7.52. The lowest BCUT2D eigenvalue weighted by Gasteiger charge is -2.13. The number of carbonyl (C=O) groups is 1. The van der Waals surface area contributed by atoms with Crippen molar-refractivity contribution in [3.05, 3.63) is 77.4 Å². The quantitative estimate of drug-likeness (QED) is 0.516. The minimum Gasteiger partial charge on any atom is -0.434 e. The number of fused-ring (bicyclic) bond motifs is 3. The smallest absolute Gasteiger partial charge is 0.387 e. The number of primary amides is 1. The molecule has 0 radical (unpaired) electrons. The minimum atomic E-state index is -2.93. The van der Waals surface area contributed by atoms with Gasteiger partial charge in [-0.05, 0) is 29.8 Å². The second-order valence-electron chi connectivity index (χ2n) is 6.65. The van der Waals surface area contributed by atoms with Gasteiger partial charge in [-0.15, -0.1) is 0 Å². The van der Waals surface area contributed by atoms with Gasteiger partial charge in [-0.2, -0.15) is 8.78 Å². The van der Waals surface area contributed by atoms with Crippen LogP contribution in [0.5, 0.6) is 5.75 Å². The molecule has 148 valence electrons. The fourth-order valence-electron chi connectivity index (χ4n) is 3.68. The molecule has 0 aliphatic heterocycles. The molecule has 3 aromatic carbocycles. The number of rotatable bonds is 6. The molecule has 0 bridgehead atoms. The monoisotopic (exact) mass is 396 g/mol. The lowest BCUT2D eigenvalue weighted by molar-refractivity contribution is -0.0504. The molecule has 0 saturated heterocycles. The Morgan fingerprint density at radius 1 is 1.07 bits per heavy atom. The summed E-state index contributed by atoms with van der Waals surface area (Å²) in [5.74, 6) is -0.468. The number of nitrogens with zero attached hydrogens (tertiary/aromatic N) is 1. The highest BCUT2D eigenvalue weighted by molar-refractivity contribution is 6.18. The van der Waals surface area contributed by atoms with Crippen LogP contribution in [0.1, 0.15) is 21.5 Å². The molecule has 7 heteroatoms. The summed E-state index contributed by atoms with van der Waals surface area (Å²) >= 11 is 0. The van der Waals surface area contributed by atoms with Crippen molar-refractivity contribution in [2.75, 3.05) is 0 Å². The number of hydrogen-bond donors (Lipinski definition) is 2. The molecule has 0 aliphatic carbocycles. The van der Waals surface area contributed by atoms with Crippen molar-refractivity contribution in [1.82, 2.24) is 4.57 Å². The summed E-state index contributed by atoms with van der Waals surface area (Å²) in [5.41, 5.74) is 8.70. The molecule has 0 unspecified atom stereocenters. The molecule has 1 aromatic heterocycles. The van der Waals surface area contributed by atoms with Crippen LogP contribution < -0.4 is 10.5 Å².